The van der Waals surface area contributed by atoms with Gasteiger partial charge in [-0.25, -0.2) is 0 Å². The lowest BCUT2D eigenvalue weighted by molar-refractivity contribution is 0.100. The number of nitrogens with one attached hydrogen (secondary N) is 1. The van der Waals surface area contributed by atoms with E-state index in [1.165, 1.54) is 0 Å². The van der Waals surface area contributed by atoms with Crippen molar-refractivity contribution in [1.82, 2.24) is 0 Å². The van der Waals surface area contributed by atoms with Gasteiger partial charge in [-0.05, 0) is 35.9 Å². The van der Waals surface area contributed by atoms with Gasteiger partial charge in [0, 0.05) is 22.3 Å². The van der Waals surface area contributed by atoms with E-state index in [1.54, 1.807) is 12.1 Å². The monoisotopic (exact) mass is 304 g/mol. The maximum atomic E-state index is 10.9. The molecule has 0 aliphatic heterocycles. The summed E-state index contributed by atoms with van der Waals surface area (Å²) in [5.41, 5.74) is 7.86. The molecule has 2 aromatic rings. The molecule has 0 saturated carbocycles. The van der Waals surface area contributed by atoms with Crippen LogP contribution in [0.1, 0.15) is 15.9 Å². The predicted molar refractivity (Wildman–Crippen MR) is 76.4 cm³/mol. The quantitative estimate of drug-likeness (QED) is 0.911. The van der Waals surface area contributed by atoms with Crippen molar-refractivity contribution in [2.24, 2.45) is 5.73 Å². The first-order chi connectivity index (χ1) is 8.65. The van der Waals surface area contributed by atoms with Gasteiger partial charge >= 0.3 is 0 Å². The van der Waals surface area contributed by atoms with E-state index in [4.69, 9.17) is 5.73 Å². The molecule has 0 unspecified atom stereocenters. The second-order valence-electron chi connectivity index (χ2n) is 3.93. The topological polar surface area (TPSA) is 55.1 Å². The summed E-state index contributed by atoms with van der Waals surface area (Å²) in [6, 6.07) is 15.2. The van der Waals surface area contributed by atoms with Gasteiger partial charge in [0.25, 0.3) is 0 Å². The molecule has 18 heavy (non-hydrogen) atoms. The summed E-state index contributed by atoms with van der Waals surface area (Å²) in [5.74, 6) is -0.401. The fraction of sp³-hybridized carbons (Fsp3) is 0.0714. The number of carbonyl (C=O) groups excluding carboxylic acids is 1. The number of carbonyl (C=O) groups is 1. The van der Waals surface area contributed by atoms with Crippen molar-refractivity contribution in [3.05, 3.63) is 64.1 Å². The maximum absolute atomic E-state index is 10.9. The van der Waals surface area contributed by atoms with Crippen LogP contribution in [0.25, 0.3) is 0 Å². The van der Waals surface area contributed by atoms with Crippen LogP contribution in [0.4, 0.5) is 5.69 Å². The molecule has 0 saturated heterocycles. The van der Waals surface area contributed by atoms with Crippen molar-refractivity contribution in [2.45, 2.75) is 6.54 Å². The Balaban J connectivity index is 2.00. The SMILES string of the molecule is NC(=O)c1ccc(CNc2cccc(Br)c2)cc1. The summed E-state index contributed by atoms with van der Waals surface area (Å²) in [6.07, 6.45) is 0. The smallest absolute Gasteiger partial charge is 0.248 e. The van der Waals surface area contributed by atoms with Gasteiger partial charge in [0.05, 0.1) is 0 Å². The van der Waals surface area contributed by atoms with Crippen molar-refractivity contribution >= 4 is 27.5 Å². The standard InChI is InChI=1S/C14H13BrN2O/c15-12-2-1-3-13(8-12)17-9-10-4-6-11(7-5-10)14(16)18/h1-8,17H,9H2,(H2,16,18). The summed E-state index contributed by atoms with van der Waals surface area (Å²) >= 11 is 3.42. The van der Waals surface area contributed by atoms with Gasteiger partial charge in [0.15, 0.2) is 0 Å². The Morgan fingerprint density at radius 2 is 1.89 bits per heavy atom. The highest BCUT2D eigenvalue weighted by Gasteiger charge is 2.00. The molecule has 0 atom stereocenters. The fourth-order valence-electron chi connectivity index (χ4n) is 1.59. The Labute approximate surface area is 114 Å². The summed E-state index contributed by atoms with van der Waals surface area (Å²) in [6.45, 7) is 0.704. The molecule has 3 nitrogen and oxygen atoms in total. The van der Waals surface area contributed by atoms with E-state index in [9.17, 15) is 4.79 Å². The molecule has 4 heteroatoms. The number of amides is 1. The lowest BCUT2D eigenvalue weighted by Crippen LogP contribution is -2.10. The van der Waals surface area contributed by atoms with Crippen molar-refractivity contribution in [2.75, 3.05) is 5.32 Å². The van der Waals surface area contributed by atoms with Crippen molar-refractivity contribution < 1.29 is 4.79 Å². The Bertz CT molecular complexity index is 552. The first-order valence-electron chi connectivity index (χ1n) is 5.53. The molecule has 0 heterocycles. The van der Waals surface area contributed by atoms with Crippen LogP contribution in [-0.2, 0) is 6.54 Å². The molecule has 2 rings (SSSR count). The van der Waals surface area contributed by atoms with Crippen LogP contribution in [0, 0.1) is 0 Å². The van der Waals surface area contributed by atoms with Crippen LogP contribution in [-0.4, -0.2) is 5.91 Å². The zero-order valence-corrected chi connectivity index (χ0v) is 11.3. The lowest BCUT2D eigenvalue weighted by atomic mass is 10.1. The third kappa shape index (κ3) is 3.34. The van der Waals surface area contributed by atoms with Gasteiger partial charge < -0.3 is 11.1 Å². The number of nitrogens with two attached hydrogens (primary N) is 1. The molecule has 0 bridgehead atoms. The molecule has 0 aliphatic carbocycles. The molecule has 0 aliphatic rings. The summed E-state index contributed by atoms with van der Waals surface area (Å²) in [4.78, 5) is 10.9. The van der Waals surface area contributed by atoms with Gasteiger partial charge in [-0.15, -0.1) is 0 Å². The highest BCUT2D eigenvalue weighted by molar-refractivity contribution is 9.10. The van der Waals surface area contributed by atoms with E-state index in [0.717, 1.165) is 15.7 Å². The van der Waals surface area contributed by atoms with Crippen molar-refractivity contribution in [3.8, 4) is 0 Å². The number of halogens is 1. The van der Waals surface area contributed by atoms with E-state index in [-0.39, 0.29) is 0 Å². The fourth-order valence-corrected chi connectivity index (χ4v) is 1.99. The number of anilines is 1. The van der Waals surface area contributed by atoms with Gasteiger partial charge in [-0.1, -0.05) is 34.1 Å². The zero-order chi connectivity index (χ0) is 13.0. The summed E-state index contributed by atoms with van der Waals surface area (Å²) < 4.78 is 1.04. The van der Waals surface area contributed by atoms with E-state index in [2.05, 4.69) is 21.2 Å². The van der Waals surface area contributed by atoms with Crippen LogP contribution >= 0.6 is 15.9 Å². The molecular formula is C14H13BrN2O. The van der Waals surface area contributed by atoms with Gasteiger partial charge in [-0.3, -0.25) is 4.79 Å². The Morgan fingerprint density at radius 1 is 1.17 bits per heavy atom. The second kappa shape index (κ2) is 5.69. The van der Waals surface area contributed by atoms with Crippen molar-refractivity contribution in [1.29, 1.82) is 0 Å². The van der Waals surface area contributed by atoms with E-state index in [1.807, 2.05) is 36.4 Å². The zero-order valence-electron chi connectivity index (χ0n) is 9.69. The number of hydrogen-bond acceptors (Lipinski definition) is 2. The minimum atomic E-state index is -0.401. The first-order valence-corrected chi connectivity index (χ1v) is 6.32. The number of rotatable bonds is 4. The van der Waals surface area contributed by atoms with Gasteiger partial charge in [-0.2, -0.15) is 0 Å². The lowest BCUT2D eigenvalue weighted by Gasteiger charge is -2.07. The summed E-state index contributed by atoms with van der Waals surface area (Å²) in [5, 5.41) is 3.30. The second-order valence-corrected chi connectivity index (χ2v) is 4.84. The molecule has 0 radical (unpaired) electrons. The molecule has 92 valence electrons. The third-order valence-corrected chi connectivity index (χ3v) is 3.05. The molecule has 3 N–H and O–H groups in total. The van der Waals surface area contributed by atoms with Crippen LogP contribution in [0.3, 0.4) is 0 Å². The van der Waals surface area contributed by atoms with Crippen LogP contribution in [0.5, 0.6) is 0 Å². The minimum Gasteiger partial charge on any atom is -0.381 e. The van der Waals surface area contributed by atoms with E-state index in [0.29, 0.717) is 12.1 Å². The van der Waals surface area contributed by atoms with Crippen LogP contribution < -0.4 is 11.1 Å². The van der Waals surface area contributed by atoms with Gasteiger partial charge in [0.2, 0.25) is 5.91 Å². The van der Waals surface area contributed by atoms with E-state index < -0.39 is 5.91 Å². The molecule has 1 amide bonds. The third-order valence-electron chi connectivity index (χ3n) is 2.56. The average molecular weight is 305 g/mol. The van der Waals surface area contributed by atoms with Crippen molar-refractivity contribution in [3.63, 3.8) is 0 Å². The largest absolute Gasteiger partial charge is 0.381 e. The normalized spacial score (nSPS) is 10.1. The molecule has 2 aromatic carbocycles. The number of benzene rings is 2. The van der Waals surface area contributed by atoms with Crippen LogP contribution in [0.2, 0.25) is 0 Å². The Hall–Kier alpha value is -1.81. The molecule has 0 spiro atoms. The average Bonchev–Trinajstić information content (AvgIpc) is 2.37. The Kier molecular flexibility index (Phi) is 3.99. The summed E-state index contributed by atoms with van der Waals surface area (Å²) in [7, 11) is 0. The van der Waals surface area contributed by atoms with E-state index >= 15 is 0 Å². The molecular weight excluding hydrogens is 292 g/mol. The Morgan fingerprint density at radius 3 is 2.50 bits per heavy atom. The molecule has 0 aromatic heterocycles. The first kappa shape index (κ1) is 12.6. The maximum Gasteiger partial charge on any atom is 0.248 e. The van der Waals surface area contributed by atoms with Gasteiger partial charge in [0.1, 0.15) is 0 Å². The number of hydrogen-bond donors (Lipinski definition) is 2. The number of primary amides is 1. The van der Waals surface area contributed by atoms with Crippen LogP contribution in [0.15, 0.2) is 53.0 Å². The highest BCUT2D eigenvalue weighted by Crippen LogP contribution is 2.16. The minimum absolute atomic E-state index is 0.401. The predicted octanol–water partition coefficient (Wildman–Crippen LogP) is 3.16. The highest BCUT2D eigenvalue weighted by atomic mass is 79.9. The molecule has 0 fully saturated rings.